The van der Waals surface area contributed by atoms with E-state index in [4.69, 9.17) is 0 Å². The van der Waals surface area contributed by atoms with Gasteiger partial charge in [-0.2, -0.15) is 0 Å². The molecule has 0 atom stereocenters. The van der Waals surface area contributed by atoms with E-state index in [0.717, 1.165) is 12.0 Å². The molecule has 0 fully saturated rings. The Morgan fingerprint density at radius 3 is 1.50 bits per heavy atom. The van der Waals surface area contributed by atoms with Gasteiger partial charge in [-0.15, -0.1) is 0 Å². The van der Waals surface area contributed by atoms with Crippen molar-refractivity contribution in [2.45, 2.75) is 103 Å². The molecule has 2 heteroatoms. The number of aliphatic hydroxyl groups excluding tert-OH is 1. The van der Waals surface area contributed by atoms with Crippen LogP contribution in [-0.2, 0) is 13.0 Å². The Bertz CT molecular complexity index is 378. The lowest BCUT2D eigenvalue weighted by molar-refractivity contribution is 0.280. The number of hydrogen-bond donors (Lipinski definition) is 1. The van der Waals surface area contributed by atoms with E-state index in [1.807, 2.05) is 12.1 Å². The molecule has 0 spiro atoms. The third-order valence-electron chi connectivity index (χ3n) is 4.84. The van der Waals surface area contributed by atoms with Crippen LogP contribution in [0, 0.1) is 0 Å². The summed E-state index contributed by atoms with van der Waals surface area (Å²) in [4.78, 5) is 0. The number of hydrogen-bond acceptors (Lipinski definition) is 1. The number of aliphatic hydroxyl groups is 1. The lowest BCUT2D eigenvalue weighted by Crippen LogP contribution is -1.94. The summed E-state index contributed by atoms with van der Waals surface area (Å²) in [5, 5.41) is 9.32. The minimum Gasteiger partial charge on any atom is -0.392 e. The van der Waals surface area contributed by atoms with Gasteiger partial charge in [0.05, 0.1) is 6.61 Å². The summed E-state index contributed by atoms with van der Waals surface area (Å²) in [5.74, 6) is 0. The van der Waals surface area contributed by atoms with Gasteiger partial charge in [0.25, 0.3) is 0 Å². The first-order chi connectivity index (χ1) is 11.4. The standard InChI is InChI=1S/C22H38O.Mg.2H/c1-2-3-4-5-6-7-8-9-10-11-12-13-14-17-21-18-15-16-19-22(21)20-23;;;/h15-16,18-19,23H,2-14,17,20H2,1H3;;;. The largest absolute Gasteiger partial charge is 0.392 e. The van der Waals surface area contributed by atoms with E-state index < -0.39 is 0 Å². The van der Waals surface area contributed by atoms with Gasteiger partial charge in [-0.25, -0.2) is 0 Å². The highest BCUT2D eigenvalue weighted by molar-refractivity contribution is 5.75. The van der Waals surface area contributed by atoms with Gasteiger partial charge in [-0.05, 0) is 24.0 Å². The molecule has 1 N–H and O–H groups in total. The highest BCUT2D eigenvalue weighted by Gasteiger charge is 2.00. The van der Waals surface area contributed by atoms with Crippen LogP contribution in [0.4, 0.5) is 0 Å². The zero-order chi connectivity index (χ0) is 16.6. The molecule has 24 heavy (non-hydrogen) atoms. The van der Waals surface area contributed by atoms with Crippen molar-refractivity contribution in [1.82, 2.24) is 0 Å². The molecule has 1 aromatic rings. The number of benzene rings is 1. The highest BCUT2D eigenvalue weighted by Crippen LogP contribution is 2.15. The van der Waals surface area contributed by atoms with Crippen molar-refractivity contribution < 1.29 is 5.11 Å². The fraction of sp³-hybridized carbons (Fsp3) is 0.727. The lowest BCUT2D eigenvalue weighted by atomic mass is 10.0. The van der Waals surface area contributed by atoms with E-state index in [1.165, 1.54) is 89.0 Å². The highest BCUT2D eigenvalue weighted by atomic mass is 24.3. The van der Waals surface area contributed by atoms with E-state index >= 15 is 0 Å². The van der Waals surface area contributed by atoms with Crippen LogP contribution in [-0.4, -0.2) is 28.2 Å². The van der Waals surface area contributed by atoms with E-state index in [1.54, 1.807) is 0 Å². The molecule has 1 aromatic carbocycles. The minimum atomic E-state index is 0. The van der Waals surface area contributed by atoms with Gasteiger partial charge in [0.2, 0.25) is 0 Å². The summed E-state index contributed by atoms with van der Waals surface area (Å²) < 4.78 is 0. The molecule has 0 amide bonds. The quantitative estimate of drug-likeness (QED) is 0.310. The van der Waals surface area contributed by atoms with Crippen LogP contribution in [0.3, 0.4) is 0 Å². The molecule has 136 valence electrons. The predicted molar refractivity (Wildman–Crippen MR) is 110 cm³/mol. The summed E-state index contributed by atoms with van der Waals surface area (Å²) in [7, 11) is 0. The van der Waals surface area contributed by atoms with Crippen molar-refractivity contribution in [3.05, 3.63) is 35.4 Å². The molecule has 0 radical (unpaired) electrons. The van der Waals surface area contributed by atoms with E-state index in [0.29, 0.717) is 0 Å². The first kappa shape index (κ1) is 23.9. The first-order valence-corrected chi connectivity index (χ1v) is 10.1. The molecule has 0 aromatic heterocycles. The van der Waals surface area contributed by atoms with Gasteiger partial charge in [0, 0.05) is 0 Å². The van der Waals surface area contributed by atoms with Crippen molar-refractivity contribution >= 4 is 23.1 Å². The van der Waals surface area contributed by atoms with Crippen LogP contribution in [0.5, 0.6) is 0 Å². The number of aryl methyl sites for hydroxylation is 1. The molecule has 1 rings (SSSR count). The summed E-state index contributed by atoms with van der Waals surface area (Å²) in [5.41, 5.74) is 2.43. The predicted octanol–water partition coefficient (Wildman–Crippen LogP) is 5.90. The van der Waals surface area contributed by atoms with Crippen LogP contribution in [0.1, 0.15) is 102 Å². The number of unbranched alkanes of at least 4 members (excludes halogenated alkanes) is 12. The van der Waals surface area contributed by atoms with Crippen molar-refractivity contribution in [2.24, 2.45) is 0 Å². The topological polar surface area (TPSA) is 20.2 Å². The summed E-state index contributed by atoms with van der Waals surface area (Å²) in [6, 6.07) is 8.29. The Balaban J connectivity index is 0.00000529. The minimum absolute atomic E-state index is 0. The van der Waals surface area contributed by atoms with E-state index in [9.17, 15) is 5.11 Å². The van der Waals surface area contributed by atoms with Crippen LogP contribution in [0.25, 0.3) is 0 Å². The maximum atomic E-state index is 9.32. The second kappa shape index (κ2) is 17.8. The molecule has 0 saturated carbocycles. The van der Waals surface area contributed by atoms with Gasteiger partial charge in [0.1, 0.15) is 0 Å². The van der Waals surface area contributed by atoms with Crippen LogP contribution in [0.15, 0.2) is 24.3 Å². The second-order valence-corrected chi connectivity index (χ2v) is 6.92. The Kier molecular flexibility index (Phi) is 17.7. The molecule has 1 nitrogen and oxygen atoms in total. The van der Waals surface area contributed by atoms with Crippen molar-refractivity contribution in [3.63, 3.8) is 0 Å². The summed E-state index contributed by atoms with van der Waals surface area (Å²) in [6.45, 7) is 2.46. The van der Waals surface area contributed by atoms with Crippen molar-refractivity contribution in [1.29, 1.82) is 0 Å². The fourth-order valence-electron chi connectivity index (χ4n) is 3.29. The zero-order valence-electron chi connectivity index (χ0n) is 15.4. The first-order valence-electron chi connectivity index (χ1n) is 10.1. The Morgan fingerprint density at radius 2 is 1.04 bits per heavy atom. The average Bonchev–Trinajstić information content (AvgIpc) is 2.59. The Morgan fingerprint density at radius 1 is 0.625 bits per heavy atom. The zero-order valence-corrected chi connectivity index (χ0v) is 15.4. The fourth-order valence-corrected chi connectivity index (χ4v) is 3.29. The molecule has 0 heterocycles. The van der Waals surface area contributed by atoms with Crippen molar-refractivity contribution in [2.75, 3.05) is 0 Å². The molecule has 0 unspecified atom stereocenters. The van der Waals surface area contributed by atoms with Gasteiger partial charge in [-0.3, -0.25) is 0 Å². The van der Waals surface area contributed by atoms with E-state index in [-0.39, 0.29) is 29.7 Å². The SMILES string of the molecule is CCCCCCCCCCCCCCCc1ccccc1CO.[MgH2]. The monoisotopic (exact) mass is 344 g/mol. The molecule has 0 aliphatic carbocycles. The lowest BCUT2D eigenvalue weighted by Gasteiger charge is -2.07. The maximum Gasteiger partial charge on any atom is 0.316 e. The summed E-state index contributed by atoms with van der Waals surface area (Å²) in [6.07, 6.45) is 19.3. The Labute approximate surface area is 166 Å². The van der Waals surface area contributed by atoms with Gasteiger partial charge < -0.3 is 5.11 Å². The second-order valence-electron chi connectivity index (χ2n) is 6.92. The van der Waals surface area contributed by atoms with Crippen LogP contribution < -0.4 is 0 Å². The molecule has 0 saturated heterocycles. The van der Waals surface area contributed by atoms with Gasteiger partial charge in [-0.1, -0.05) is 108 Å². The molecule has 0 bridgehead atoms. The molecule has 0 aliphatic rings. The third-order valence-corrected chi connectivity index (χ3v) is 4.84. The molecular formula is C22H40MgO. The Hall–Kier alpha value is -0.0538. The smallest absolute Gasteiger partial charge is 0.316 e. The van der Waals surface area contributed by atoms with Gasteiger partial charge in [0.15, 0.2) is 0 Å². The molecular weight excluding hydrogens is 305 g/mol. The van der Waals surface area contributed by atoms with E-state index in [2.05, 4.69) is 19.1 Å². The normalized spacial score (nSPS) is 10.6. The maximum absolute atomic E-state index is 9.32. The van der Waals surface area contributed by atoms with Crippen LogP contribution >= 0.6 is 0 Å². The summed E-state index contributed by atoms with van der Waals surface area (Å²) >= 11 is 0. The third kappa shape index (κ3) is 12.3. The van der Waals surface area contributed by atoms with Gasteiger partial charge >= 0.3 is 23.1 Å². The van der Waals surface area contributed by atoms with Crippen molar-refractivity contribution in [3.8, 4) is 0 Å². The molecule has 0 aliphatic heterocycles. The number of rotatable bonds is 15. The average molecular weight is 345 g/mol. The van der Waals surface area contributed by atoms with Crippen LogP contribution in [0.2, 0.25) is 0 Å².